The normalized spacial score (nSPS) is 28.1. The minimum Gasteiger partial charge on any atom is -0.375 e. The van der Waals surface area contributed by atoms with Gasteiger partial charge in [0, 0.05) is 12.6 Å². The smallest absolute Gasteiger partial charge is 0.0697 e. The van der Waals surface area contributed by atoms with Gasteiger partial charge in [-0.15, -0.1) is 0 Å². The molecular weight excluding hydrogens is 210 g/mol. The van der Waals surface area contributed by atoms with Crippen LogP contribution in [0.5, 0.6) is 0 Å². The van der Waals surface area contributed by atoms with Crippen molar-refractivity contribution in [3.05, 3.63) is 0 Å². The molecule has 1 saturated heterocycles. The lowest BCUT2D eigenvalue weighted by molar-refractivity contribution is -0.0838. The topological polar surface area (TPSA) is 21.3 Å². The summed E-state index contributed by atoms with van der Waals surface area (Å²) in [5.74, 6) is 0.859. The molecule has 1 atom stereocenters. The highest BCUT2D eigenvalue weighted by molar-refractivity contribution is 4.93. The Labute approximate surface area is 107 Å². The summed E-state index contributed by atoms with van der Waals surface area (Å²) in [5, 5.41) is 3.79. The van der Waals surface area contributed by atoms with Crippen LogP contribution < -0.4 is 5.32 Å². The van der Waals surface area contributed by atoms with Crippen LogP contribution in [-0.2, 0) is 4.74 Å². The maximum absolute atomic E-state index is 6.08. The number of hydrogen-bond donors (Lipinski definition) is 1. The van der Waals surface area contributed by atoms with Gasteiger partial charge in [-0.05, 0) is 38.1 Å². The van der Waals surface area contributed by atoms with Crippen molar-refractivity contribution in [2.75, 3.05) is 13.2 Å². The van der Waals surface area contributed by atoms with E-state index in [-0.39, 0.29) is 5.60 Å². The third-order valence-corrected chi connectivity index (χ3v) is 4.86. The summed E-state index contributed by atoms with van der Waals surface area (Å²) in [5.41, 5.74) is 0.268. The van der Waals surface area contributed by atoms with Gasteiger partial charge in [0.1, 0.15) is 0 Å². The first kappa shape index (κ1) is 13.4. The van der Waals surface area contributed by atoms with Crippen LogP contribution in [0.3, 0.4) is 0 Å². The molecule has 2 rings (SSSR count). The van der Waals surface area contributed by atoms with Gasteiger partial charge >= 0.3 is 0 Å². The summed E-state index contributed by atoms with van der Waals surface area (Å²) < 4.78 is 6.08. The molecule has 0 amide bonds. The molecule has 2 aliphatic rings. The fraction of sp³-hybridized carbons (Fsp3) is 1.00. The van der Waals surface area contributed by atoms with Crippen LogP contribution in [0.2, 0.25) is 0 Å². The summed E-state index contributed by atoms with van der Waals surface area (Å²) in [6.07, 6.45) is 10.4. The SMILES string of the molecule is CCC(CC)CNC1CCOC2(CCCC2)C1. The molecule has 0 aromatic heterocycles. The van der Waals surface area contributed by atoms with E-state index in [1.165, 1.54) is 57.9 Å². The van der Waals surface area contributed by atoms with E-state index in [9.17, 15) is 0 Å². The molecule has 100 valence electrons. The van der Waals surface area contributed by atoms with E-state index in [1.54, 1.807) is 0 Å². The maximum atomic E-state index is 6.08. The lowest BCUT2D eigenvalue weighted by Gasteiger charge is -2.39. The van der Waals surface area contributed by atoms with Gasteiger partial charge in [-0.1, -0.05) is 39.5 Å². The van der Waals surface area contributed by atoms with Gasteiger partial charge in [-0.3, -0.25) is 0 Å². The van der Waals surface area contributed by atoms with Crippen molar-refractivity contribution < 1.29 is 4.74 Å². The Morgan fingerprint density at radius 1 is 1.24 bits per heavy atom. The highest BCUT2D eigenvalue weighted by atomic mass is 16.5. The predicted molar refractivity (Wildman–Crippen MR) is 72.2 cm³/mol. The molecule has 1 saturated carbocycles. The van der Waals surface area contributed by atoms with Crippen LogP contribution in [0.25, 0.3) is 0 Å². The zero-order valence-corrected chi connectivity index (χ0v) is 11.6. The second-order valence-corrected chi connectivity index (χ2v) is 6.02. The van der Waals surface area contributed by atoms with Crippen LogP contribution in [0.4, 0.5) is 0 Å². The predicted octanol–water partition coefficient (Wildman–Crippen LogP) is 3.50. The van der Waals surface area contributed by atoms with Crippen molar-refractivity contribution in [1.29, 1.82) is 0 Å². The van der Waals surface area contributed by atoms with Crippen molar-refractivity contribution in [3.63, 3.8) is 0 Å². The molecule has 1 unspecified atom stereocenters. The Bertz CT molecular complexity index is 219. The Morgan fingerprint density at radius 3 is 2.59 bits per heavy atom. The summed E-state index contributed by atoms with van der Waals surface area (Å²) in [7, 11) is 0. The van der Waals surface area contributed by atoms with E-state index in [0.29, 0.717) is 6.04 Å². The largest absolute Gasteiger partial charge is 0.375 e. The molecule has 2 nitrogen and oxygen atoms in total. The van der Waals surface area contributed by atoms with Crippen LogP contribution in [0.15, 0.2) is 0 Å². The molecule has 0 bridgehead atoms. The molecule has 1 aliphatic carbocycles. The molecule has 0 aromatic rings. The standard InChI is InChI=1S/C15H29NO/c1-3-13(4-2)12-16-14-7-10-17-15(11-14)8-5-6-9-15/h13-14,16H,3-12H2,1-2H3. The Morgan fingerprint density at radius 2 is 1.94 bits per heavy atom. The van der Waals surface area contributed by atoms with Gasteiger partial charge in [-0.2, -0.15) is 0 Å². The van der Waals surface area contributed by atoms with E-state index in [1.807, 2.05) is 0 Å². The van der Waals surface area contributed by atoms with Crippen LogP contribution in [0.1, 0.15) is 65.2 Å². The van der Waals surface area contributed by atoms with Crippen molar-refractivity contribution in [1.82, 2.24) is 5.32 Å². The molecule has 2 fully saturated rings. The van der Waals surface area contributed by atoms with Gasteiger partial charge in [0.05, 0.1) is 5.60 Å². The Kier molecular flexibility index (Phi) is 4.87. The molecule has 2 heteroatoms. The lowest BCUT2D eigenvalue weighted by Crippen LogP contribution is -2.46. The van der Waals surface area contributed by atoms with Gasteiger partial charge in [0.15, 0.2) is 0 Å². The summed E-state index contributed by atoms with van der Waals surface area (Å²) in [6, 6.07) is 0.711. The zero-order valence-electron chi connectivity index (χ0n) is 11.6. The summed E-state index contributed by atoms with van der Waals surface area (Å²) in [6.45, 7) is 6.78. The average molecular weight is 239 g/mol. The third kappa shape index (κ3) is 3.45. The average Bonchev–Trinajstić information content (AvgIpc) is 2.79. The fourth-order valence-corrected chi connectivity index (χ4v) is 3.48. The van der Waals surface area contributed by atoms with E-state index < -0.39 is 0 Å². The van der Waals surface area contributed by atoms with Crippen molar-refractivity contribution in [2.45, 2.75) is 76.9 Å². The number of ether oxygens (including phenoxy) is 1. The summed E-state index contributed by atoms with van der Waals surface area (Å²) in [4.78, 5) is 0. The van der Waals surface area contributed by atoms with Gasteiger partial charge < -0.3 is 10.1 Å². The molecule has 1 N–H and O–H groups in total. The minimum atomic E-state index is 0.268. The van der Waals surface area contributed by atoms with E-state index >= 15 is 0 Å². The third-order valence-electron chi connectivity index (χ3n) is 4.86. The molecular formula is C15H29NO. The van der Waals surface area contributed by atoms with Crippen molar-refractivity contribution >= 4 is 0 Å². The van der Waals surface area contributed by atoms with Crippen molar-refractivity contribution in [3.8, 4) is 0 Å². The molecule has 0 radical (unpaired) electrons. The fourth-order valence-electron chi connectivity index (χ4n) is 3.48. The lowest BCUT2D eigenvalue weighted by atomic mass is 9.88. The number of nitrogens with one attached hydrogen (secondary N) is 1. The molecule has 1 aliphatic heterocycles. The van der Waals surface area contributed by atoms with Crippen molar-refractivity contribution in [2.24, 2.45) is 5.92 Å². The molecule has 0 aromatic carbocycles. The maximum Gasteiger partial charge on any atom is 0.0697 e. The second-order valence-electron chi connectivity index (χ2n) is 6.02. The number of hydrogen-bond acceptors (Lipinski definition) is 2. The Balaban J connectivity index is 1.77. The first-order chi connectivity index (χ1) is 8.28. The molecule has 1 spiro atoms. The van der Waals surface area contributed by atoms with Crippen LogP contribution in [-0.4, -0.2) is 24.8 Å². The first-order valence-corrected chi connectivity index (χ1v) is 7.65. The van der Waals surface area contributed by atoms with E-state index in [0.717, 1.165) is 12.5 Å². The highest BCUT2D eigenvalue weighted by Crippen LogP contribution is 2.39. The molecule has 17 heavy (non-hydrogen) atoms. The van der Waals surface area contributed by atoms with E-state index in [2.05, 4.69) is 19.2 Å². The second kappa shape index (κ2) is 6.19. The van der Waals surface area contributed by atoms with Crippen LogP contribution >= 0.6 is 0 Å². The first-order valence-electron chi connectivity index (χ1n) is 7.65. The molecule has 1 heterocycles. The Hall–Kier alpha value is -0.0800. The van der Waals surface area contributed by atoms with Gasteiger partial charge in [0.25, 0.3) is 0 Å². The monoisotopic (exact) mass is 239 g/mol. The van der Waals surface area contributed by atoms with Gasteiger partial charge in [-0.25, -0.2) is 0 Å². The highest BCUT2D eigenvalue weighted by Gasteiger charge is 2.39. The van der Waals surface area contributed by atoms with E-state index in [4.69, 9.17) is 4.74 Å². The summed E-state index contributed by atoms with van der Waals surface area (Å²) >= 11 is 0. The van der Waals surface area contributed by atoms with Crippen LogP contribution in [0, 0.1) is 5.92 Å². The zero-order chi connectivity index (χ0) is 12.1. The number of rotatable bonds is 5. The quantitative estimate of drug-likeness (QED) is 0.793. The van der Waals surface area contributed by atoms with Gasteiger partial charge in [0.2, 0.25) is 0 Å². The minimum absolute atomic E-state index is 0.268.